The Morgan fingerprint density at radius 3 is 2.85 bits per heavy atom. The highest BCUT2D eigenvalue weighted by molar-refractivity contribution is 5.94. The van der Waals surface area contributed by atoms with E-state index >= 15 is 0 Å². The van der Waals surface area contributed by atoms with Crippen molar-refractivity contribution in [3.05, 3.63) is 47.5 Å². The molecule has 0 saturated heterocycles. The molecule has 0 spiro atoms. The molecule has 1 fully saturated rings. The minimum atomic E-state index is -0.798. The normalized spacial score (nSPS) is 14.8. The molecule has 1 amide bonds. The minimum Gasteiger partial charge on any atom is -0.368 e. The predicted molar refractivity (Wildman–Crippen MR) is 118 cm³/mol. The zero-order valence-corrected chi connectivity index (χ0v) is 18.4. The smallest absolute Gasteiger partial charge is 0.257 e. The van der Waals surface area contributed by atoms with Crippen molar-refractivity contribution in [3.63, 3.8) is 0 Å². The summed E-state index contributed by atoms with van der Waals surface area (Å²) in [6.45, 7) is 1.99. The lowest BCUT2D eigenvalue weighted by Crippen LogP contribution is -2.35. The van der Waals surface area contributed by atoms with Gasteiger partial charge in [-0.25, -0.2) is 18.7 Å². The summed E-state index contributed by atoms with van der Waals surface area (Å²) in [6, 6.07) is 2.36. The van der Waals surface area contributed by atoms with E-state index in [1.807, 2.05) is 17.8 Å². The molecule has 0 unspecified atom stereocenters. The van der Waals surface area contributed by atoms with Crippen molar-refractivity contribution in [2.75, 3.05) is 12.8 Å². The summed E-state index contributed by atoms with van der Waals surface area (Å²) in [4.78, 5) is 22.9. The molecule has 33 heavy (non-hydrogen) atoms. The minimum absolute atomic E-state index is 0.00503. The first-order chi connectivity index (χ1) is 15.8. The number of nitrogen functional groups attached to an aromatic ring is 1. The summed E-state index contributed by atoms with van der Waals surface area (Å²) in [6.07, 6.45) is 7.63. The van der Waals surface area contributed by atoms with Gasteiger partial charge in [0.2, 0.25) is 5.95 Å². The maximum absolute atomic E-state index is 14.1. The molecular weight excluding hydrogens is 430 g/mol. The summed E-state index contributed by atoms with van der Waals surface area (Å²) in [5.74, 6) is -1.11. The Morgan fingerprint density at radius 1 is 1.30 bits per heavy atom. The van der Waals surface area contributed by atoms with E-state index in [0.29, 0.717) is 30.3 Å². The van der Waals surface area contributed by atoms with Crippen molar-refractivity contribution in [2.24, 2.45) is 0 Å². The van der Waals surface area contributed by atoms with Crippen molar-refractivity contribution in [1.29, 1.82) is 0 Å². The average Bonchev–Trinajstić information content (AvgIpc) is 3.34. The number of hydrogen-bond donors (Lipinski definition) is 1. The molecule has 1 atom stereocenters. The Kier molecular flexibility index (Phi) is 5.18. The Morgan fingerprint density at radius 2 is 2.09 bits per heavy atom. The number of aromatic nitrogens is 6. The standard InChI is InChI=1S/C22H24F2N8O/c1-12(30(2)21(33)13-10-26-31(11-13)15-6-7-15)4-3-5-18-27-20-16-8-14(23)9-17(24)19(16)28-22(25)32(20)29-18/h8-12,15H,3-7H2,1-2H3,(H2,25,28)/t12-/m0/s1. The molecule has 1 saturated carbocycles. The van der Waals surface area contributed by atoms with E-state index in [0.717, 1.165) is 25.3 Å². The van der Waals surface area contributed by atoms with Gasteiger partial charge in [-0.1, -0.05) is 0 Å². The van der Waals surface area contributed by atoms with Crippen LogP contribution in [0.3, 0.4) is 0 Å². The van der Waals surface area contributed by atoms with Gasteiger partial charge in [-0.2, -0.15) is 9.61 Å². The van der Waals surface area contributed by atoms with Gasteiger partial charge in [-0.3, -0.25) is 9.48 Å². The third-order valence-electron chi connectivity index (χ3n) is 6.14. The number of nitrogens with zero attached hydrogens (tertiary/aromatic N) is 7. The van der Waals surface area contributed by atoms with Crippen LogP contribution in [0.1, 0.15) is 54.8 Å². The fraction of sp³-hybridized carbons (Fsp3) is 0.409. The number of amides is 1. The van der Waals surface area contributed by atoms with E-state index in [4.69, 9.17) is 5.73 Å². The number of benzene rings is 1. The van der Waals surface area contributed by atoms with Crippen LogP contribution in [0.25, 0.3) is 16.6 Å². The van der Waals surface area contributed by atoms with E-state index in [2.05, 4.69) is 20.2 Å². The van der Waals surface area contributed by atoms with Crippen LogP contribution in [0.2, 0.25) is 0 Å². The zero-order chi connectivity index (χ0) is 23.3. The second kappa shape index (κ2) is 8.05. The zero-order valence-electron chi connectivity index (χ0n) is 18.4. The molecule has 11 heteroatoms. The highest BCUT2D eigenvalue weighted by atomic mass is 19.1. The first-order valence-corrected chi connectivity index (χ1v) is 10.9. The fourth-order valence-corrected chi connectivity index (χ4v) is 3.95. The number of carbonyl (C=O) groups is 1. The third kappa shape index (κ3) is 3.98. The molecule has 0 radical (unpaired) electrons. The van der Waals surface area contributed by atoms with Crippen LogP contribution in [0, 0.1) is 11.6 Å². The summed E-state index contributed by atoms with van der Waals surface area (Å²) < 4.78 is 31.0. The molecule has 2 N–H and O–H groups in total. The number of halogens is 2. The van der Waals surface area contributed by atoms with Gasteiger partial charge < -0.3 is 10.6 Å². The van der Waals surface area contributed by atoms with Crippen LogP contribution >= 0.6 is 0 Å². The largest absolute Gasteiger partial charge is 0.368 e. The topological polar surface area (TPSA) is 107 Å². The number of nitrogens with two attached hydrogens (primary N) is 1. The number of rotatable bonds is 7. The van der Waals surface area contributed by atoms with E-state index in [-0.39, 0.29) is 34.4 Å². The predicted octanol–water partition coefficient (Wildman–Crippen LogP) is 3.15. The molecule has 3 heterocycles. The van der Waals surface area contributed by atoms with Crippen molar-refractivity contribution in [1.82, 2.24) is 34.3 Å². The van der Waals surface area contributed by atoms with E-state index in [1.54, 1.807) is 18.1 Å². The summed E-state index contributed by atoms with van der Waals surface area (Å²) in [5.41, 5.74) is 6.72. The van der Waals surface area contributed by atoms with Crippen LogP contribution < -0.4 is 5.73 Å². The van der Waals surface area contributed by atoms with E-state index in [9.17, 15) is 13.6 Å². The molecule has 1 aliphatic rings. The summed E-state index contributed by atoms with van der Waals surface area (Å²) in [5, 5.41) is 8.86. The number of anilines is 1. The van der Waals surface area contributed by atoms with Crippen molar-refractivity contribution in [3.8, 4) is 0 Å². The van der Waals surface area contributed by atoms with Gasteiger partial charge in [0.1, 0.15) is 11.3 Å². The van der Waals surface area contributed by atoms with Crippen LogP contribution in [0.15, 0.2) is 24.5 Å². The monoisotopic (exact) mass is 454 g/mol. The van der Waals surface area contributed by atoms with Gasteiger partial charge >= 0.3 is 0 Å². The molecule has 3 aromatic heterocycles. The van der Waals surface area contributed by atoms with Gasteiger partial charge in [0.25, 0.3) is 5.91 Å². The quantitative estimate of drug-likeness (QED) is 0.460. The molecule has 9 nitrogen and oxygen atoms in total. The first kappa shape index (κ1) is 21.2. The summed E-state index contributed by atoms with van der Waals surface area (Å²) in [7, 11) is 1.78. The van der Waals surface area contributed by atoms with E-state index in [1.165, 1.54) is 10.6 Å². The number of aryl methyl sites for hydroxylation is 1. The molecular formula is C22H24F2N8O. The lowest BCUT2D eigenvalue weighted by atomic mass is 10.1. The molecule has 1 aliphatic carbocycles. The maximum Gasteiger partial charge on any atom is 0.257 e. The molecule has 1 aromatic carbocycles. The van der Waals surface area contributed by atoms with E-state index < -0.39 is 11.6 Å². The second-order valence-corrected chi connectivity index (χ2v) is 8.61. The Balaban J connectivity index is 1.26. The number of carbonyl (C=O) groups excluding carboxylic acids is 1. The van der Waals surface area contributed by atoms with Crippen LogP contribution in [-0.2, 0) is 6.42 Å². The maximum atomic E-state index is 14.1. The van der Waals surface area contributed by atoms with Crippen LogP contribution in [0.4, 0.5) is 14.7 Å². The van der Waals surface area contributed by atoms with Crippen molar-refractivity contribution in [2.45, 2.75) is 51.1 Å². The number of hydrogen-bond acceptors (Lipinski definition) is 6. The van der Waals surface area contributed by atoms with Gasteiger partial charge in [-0.05, 0) is 38.7 Å². The second-order valence-electron chi connectivity index (χ2n) is 8.61. The SMILES string of the molecule is C[C@@H](CCCc1nc2c3cc(F)cc(F)c3nc(N)n2n1)N(C)C(=O)c1cnn(C2CC2)c1. The van der Waals surface area contributed by atoms with Crippen molar-refractivity contribution < 1.29 is 13.6 Å². The lowest BCUT2D eigenvalue weighted by Gasteiger charge is -2.24. The molecule has 4 aromatic rings. The highest BCUT2D eigenvalue weighted by Crippen LogP contribution is 2.34. The fourth-order valence-electron chi connectivity index (χ4n) is 3.95. The highest BCUT2D eigenvalue weighted by Gasteiger charge is 2.26. The lowest BCUT2D eigenvalue weighted by molar-refractivity contribution is 0.0735. The molecule has 172 valence electrons. The Bertz CT molecular complexity index is 1360. The Labute approximate surface area is 188 Å². The molecule has 0 aliphatic heterocycles. The average molecular weight is 454 g/mol. The van der Waals surface area contributed by atoms with Gasteiger partial charge in [0.15, 0.2) is 17.3 Å². The van der Waals surface area contributed by atoms with Gasteiger partial charge in [0.05, 0.1) is 23.2 Å². The Hall–Kier alpha value is -3.63. The van der Waals surface area contributed by atoms with Crippen LogP contribution in [0.5, 0.6) is 0 Å². The number of fused-ring (bicyclic) bond motifs is 3. The third-order valence-corrected chi connectivity index (χ3v) is 6.14. The molecule has 0 bridgehead atoms. The summed E-state index contributed by atoms with van der Waals surface area (Å²) >= 11 is 0. The molecule has 5 rings (SSSR count). The van der Waals surface area contributed by atoms with Crippen molar-refractivity contribution >= 4 is 28.4 Å². The first-order valence-electron chi connectivity index (χ1n) is 10.9. The van der Waals surface area contributed by atoms with Gasteiger partial charge in [0, 0.05) is 31.8 Å². The van der Waals surface area contributed by atoms with Gasteiger partial charge in [-0.15, -0.1) is 5.10 Å². The van der Waals surface area contributed by atoms with Crippen LogP contribution in [-0.4, -0.2) is 53.3 Å².